The summed E-state index contributed by atoms with van der Waals surface area (Å²) in [5, 5.41) is 0. The van der Waals surface area contributed by atoms with Gasteiger partial charge in [-0.2, -0.15) is 8.78 Å². The molecule has 1 aliphatic heterocycles. The van der Waals surface area contributed by atoms with E-state index in [1.165, 1.54) is 25.3 Å². The molecule has 0 aliphatic carbocycles. The van der Waals surface area contributed by atoms with Crippen LogP contribution >= 0.6 is 0 Å². The fourth-order valence-corrected chi connectivity index (χ4v) is 2.88. The monoisotopic (exact) mass is 383 g/mol. The fraction of sp³-hybridized carbons (Fsp3) is 0.474. The van der Waals surface area contributed by atoms with E-state index in [9.17, 15) is 18.4 Å². The van der Waals surface area contributed by atoms with Gasteiger partial charge in [-0.05, 0) is 43.5 Å². The molecule has 0 saturated carbocycles. The molecule has 1 fully saturated rings. The van der Waals surface area contributed by atoms with E-state index in [0.29, 0.717) is 31.7 Å². The van der Waals surface area contributed by atoms with Crippen LogP contribution in [0, 0.1) is 5.92 Å². The number of alkyl halides is 2. The van der Waals surface area contributed by atoms with Crippen molar-refractivity contribution in [3.05, 3.63) is 29.8 Å². The maximum absolute atomic E-state index is 12.4. The number of carbonyl (C=O) groups excluding carboxylic acids is 2. The van der Waals surface area contributed by atoms with Crippen molar-refractivity contribution in [2.24, 2.45) is 5.92 Å². The molecule has 1 amide bonds. The van der Waals surface area contributed by atoms with Crippen LogP contribution < -0.4 is 9.47 Å². The van der Waals surface area contributed by atoms with Crippen molar-refractivity contribution in [2.45, 2.75) is 26.4 Å². The second-order valence-corrected chi connectivity index (χ2v) is 6.00. The van der Waals surface area contributed by atoms with E-state index in [4.69, 9.17) is 9.47 Å². The van der Waals surface area contributed by atoms with Gasteiger partial charge in [0.05, 0.1) is 19.6 Å². The molecule has 1 atom stereocenters. The molecule has 6 nitrogen and oxygen atoms in total. The first-order valence-corrected chi connectivity index (χ1v) is 8.71. The Balaban J connectivity index is 2.02. The largest absolute Gasteiger partial charge is 0.493 e. The average Bonchev–Trinajstić information content (AvgIpc) is 2.66. The van der Waals surface area contributed by atoms with Crippen LogP contribution in [0.3, 0.4) is 0 Å². The summed E-state index contributed by atoms with van der Waals surface area (Å²) >= 11 is 0. The number of hydrogen-bond acceptors (Lipinski definition) is 5. The van der Waals surface area contributed by atoms with Gasteiger partial charge in [-0.3, -0.25) is 9.59 Å². The summed E-state index contributed by atoms with van der Waals surface area (Å²) < 4.78 is 39.1. The first kappa shape index (κ1) is 20.7. The van der Waals surface area contributed by atoms with Gasteiger partial charge in [0.15, 0.2) is 11.5 Å². The average molecular weight is 383 g/mol. The third-order valence-corrected chi connectivity index (χ3v) is 4.18. The van der Waals surface area contributed by atoms with Gasteiger partial charge >= 0.3 is 12.6 Å². The zero-order valence-electron chi connectivity index (χ0n) is 15.3. The van der Waals surface area contributed by atoms with Gasteiger partial charge in [0.2, 0.25) is 5.91 Å². The molecule has 1 heterocycles. The number of rotatable bonds is 7. The molecule has 148 valence electrons. The molecule has 0 N–H and O–H groups in total. The Labute approximate surface area is 156 Å². The summed E-state index contributed by atoms with van der Waals surface area (Å²) in [6.45, 7) is 0.0123. The highest BCUT2D eigenvalue weighted by Gasteiger charge is 2.28. The molecule has 2 rings (SSSR count). The van der Waals surface area contributed by atoms with E-state index in [0.717, 1.165) is 6.42 Å². The van der Waals surface area contributed by atoms with Gasteiger partial charge in [-0.15, -0.1) is 0 Å². The second kappa shape index (κ2) is 9.89. The molecule has 1 aromatic carbocycles. The minimum absolute atomic E-state index is 0.0794. The number of amides is 1. The molecule has 1 aromatic rings. The number of methoxy groups -OCH3 is 1. The smallest absolute Gasteiger partial charge is 0.387 e. The van der Waals surface area contributed by atoms with Crippen LogP contribution in [0.4, 0.5) is 8.78 Å². The predicted octanol–water partition coefficient (Wildman–Crippen LogP) is 3.11. The number of benzene rings is 1. The lowest BCUT2D eigenvalue weighted by molar-refractivity contribution is -0.150. The topological polar surface area (TPSA) is 65.1 Å². The van der Waals surface area contributed by atoms with Crippen molar-refractivity contribution < 1.29 is 32.6 Å². The number of halogens is 2. The Morgan fingerprint density at radius 2 is 2.11 bits per heavy atom. The van der Waals surface area contributed by atoms with Gasteiger partial charge in [0.1, 0.15) is 0 Å². The normalized spacial score (nSPS) is 17.2. The fourth-order valence-electron chi connectivity index (χ4n) is 2.88. The number of ether oxygens (including phenoxy) is 3. The molecule has 0 unspecified atom stereocenters. The van der Waals surface area contributed by atoms with Crippen molar-refractivity contribution in [1.82, 2.24) is 4.90 Å². The molecule has 1 saturated heterocycles. The number of hydrogen-bond donors (Lipinski definition) is 0. The Hall–Kier alpha value is -2.64. The minimum atomic E-state index is -2.95. The number of nitrogens with zero attached hydrogens (tertiary/aromatic N) is 1. The zero-order chi connectivity index (χ0) is 19.8. The Morgan fingerprint density at radius 1 is 1.33 bits per heavy atom. The highest BCUT2D eigenvalue weighted by molar-refractivity contribution is 5.92. The molecule has 0 radical (unpaired) electrons. The number of esters is 1. The van der Waals surface area contributed by atoms with Crippen LogP contribution in [-0.4, -0.2) is 50.2 Å². The molecule has 1 aliphatic rings. The number of likely N-dealkylation sites (tertiary alicyclic amines) is 1. The van der Waals surface area contributed by atoms with Crippen LogP contribution in [0.25, 0.3) is 6.08 Å². The summed E-state index contributed by atoms with van der Waals surface area (Å²) in [4.78, 5) is 25.9. The van der Waals surface area contributed by atoms with E-state index < -0.39 is 6.61 Å². The van der Waals surface area contributed by atoms with Gasteiger partial charge in [-0.25, -0.2) is 0 Å². The van der Waals surface area contributed by atoms with Crippen LogP contribution in [0.15, 0.2) is 24.3 Å². The molecular formula is C19H23F2NO5. The van der Waals surface area contributed by atoms with Crippen LogP contribution in [0.1, 0.15) is 25.3 Å². The number of carbonyl (C=O) groups is 2. The summed E-state index contributed by atoms with van der Waals surface area (Å²) in [5.41, 5.74) is 0.598. The third-order valence-electron chi connectivity index (χ3n) is 4.18. The quantitative estimate of drug-likeness (QED) is 0.535. The summed E-state index contributed by atoms with van der Waals surface area (Å²) in [5.74, 6) is -0.745. The summed E-state index contributed by atoms with van der Waals surface area (Å²) in [6.07, 6.45) is 4.38. The lowest BCUT2D eigenvalue weighted by Gasteiger charge is -2.30. The lowest BCUT2D eigenvalue weighted by Crippen LogP contribution is -2.42. The molecule has 0 bridgehead atoms. The van der Waals surface area contributed by atoms with Crippen LogP contribution in [0.2, 0.25) is 0 Å². The standard InChI is InChI=1S/C19H23F2NO5/c1-3-26-18(24)14-5-4-10-22(12-14)17(23)9-7-13-6-8-15(27-19(20)21)16(11-13)25-2/h6-9,11,14,19H,3-5,10,12H2,1-2H3/b9-7-/t14-/m0/s1. The van der Waals surface area contributed by atoms with E-state index in [-0.39, 0.29) is 29.3 Å². The van der Waals surface area contributed by atoms with E-state index in [1.807, 2.05) is 0 Å². The Bertz CT molecular complexity index is 693. The minimum Gasteiger partial charge on any atom is -0.493 e. The number of piperidine rings is 1. The van der Waals surface area contributed by atoms with Gasteiger partial charge in [0, 0.05) is 19.2 Å². The Morgan fingerprint density at radius 3 is 2.78 bits per heavy atom. The first-order chi connectivity index (χ1) is 12.9. The maximum Gasteiger partial charge on any atom is 0.387 e. The van der Waals surface area contributed by atoms with Crippen molar-refractivity contribution in [2.75, 3.05) is 26.8 Å². The van der Waals surface area contributed by atoms with E-state index >= 15 is 0 Å². The molecule has 27 heavy (non-hydrogen) atoms. The SMILES string of the molecule is CCOC(=O)[C@H]1CCCN(C(=O)/C=C\c2ccc(OC(F)F)c(OC)c2)C1. The van der Waals surface area contributed by atoms with Gasteiger partial charge < -0.3 is 19.1 Å². The van der Waals surface area contributed by atoms with E-state index in [2.05, 4.69) is 4.74 Å². The van der Waals surface area contributed by atoms with Crippen LogP contribution in [0.5, 0.6) is 11.5 Å². The molecular weight excluding hydrogens is 360 g/mol. The van der Waals surface area contributed by atoms with Crippen molar-refractivity contribution in [1.29, 1.82) is 0 Å². The molecule has 0 aromatic heterocycles. The first-order valence-electron chi connectivity index (χ1n) is 8.71. The summed E-state index contributed by atoms with van der Waals surface area (Å²) in [6, 6.07) is 4.40. The lowest BCUT2D eigenvalue weighted by atomic mass is 9.98. The summed E-state index contributed by atoms with van der Waals surface area (Å²) in [7, 11) is 1.34. The van der Waals surface area contributed by atoms with Gasteiger partial charge in [0.25, 0.3) is 0 Å². The second-order valence-electron chi connectivity index (χ2n) is 6.00. The zero-order valence-corrected chi connectivity index (χ0v) is 15.3. The van der Waals surface area contributed by atoms with Crippen LogP contribution in [-0.2, 0) is 14.3 Å². The Kier molecular flexibility index (Phi) is 7.57. The highest BCUT2D eigenvalue weighted by Crippen LogP contribution is 2.30. The van der Waals surface area contributed by atoms with E-state index in [1.54, 1.807) is 24.0 Å². The van der Waals surface area contributed by atoms with Crippen molar-refractivity contribution in [3.63, 3.8) is 0 Å². The molecule has 0 spiro atoms. The van der Waals surface area contributed by atoms with Crippen molar-refractivity contribution >= 4 is 18.0 Å². The van der Waals surface area contributed by atoms with Gasteiger partial charge in [-0.1, -0.05) is 6.07 Å². The third kappa shape index (κ3) is 5.94. The highest BCUT2D eigenvalue weighted by atomic mass is 19.3. The van der Waals surface area contributed by atoms with Crippen molar-refractivity contribution in [3.8, 4) is 11.5 Å². The maximum atomic E-state index is 12.4. The molecule has 8 heteroatoms. The predicted molar refractivity (Wildman–Crippen MR) is 94.6 cm³/mol.